The molecule has 3 amide bonds. The second-order valence-corrected chi connectivity index (χ2v) is 11.1. The lowest BCUT2D eigenvalue weighted by Crippen LogP contribution is -2.52. The van der Waals surface area contributed by atoms with Crippen LogP contribution in [0, 0.1) is 17.8 Å². The molecule has 4 aliphatic rings. The lowest BCUT2D eigenvalue weighted by atomic mass is 9.76. The van der Waals surface area contributed by atoms with Gasteiger partial charge in [0.05, 0.1) is 0 Å². The molecule has 3 fully saturated rings. The highest BCUT2D eigenvalue weighted by Gasteiger charge is 2.40. The molecule has 4 N–H and O–H groups in total. The third-order valence-corrected chi connectivity index (χ3v) is 8.94. The molecule has 3 aliphatic heterocycles. The molecule has 1 aromatic rings. The molecule has 1 aliphatic carbocycles. The minimum absolute atomic E-state index is 0.120. The van der Waals surface area contributed by atoms with E-state index in [1.165, 1.54) is 32.1 Å². The van der Waals surface area contributed by atoms with Crippen LogP contribution in [-0.4, -0.2) is 54.5 Å². The van der Waals surface area contributed by atoms with Crippen molar-refractivity contribution in [1.29, 1.82) is 0 Å². The molecule has 36 heavy (non-hydrogen) atoms. The van der Waals surface area contributed by atoms with E-state index in [2.05, 4.69) is 16.7 Å². The first kappa shape index (κ1) is 25.2. The van der Waals surface area contributed by atoms with Gasteiger partial charge in [0.25, 0.3) is 5.91 Å². The number of nitrogens with zero attached hydrogens (tertiary/aromatic N) is 1. The van der Waals surface area contributed by atoms with E-state index in [0.717, 1.165) is 56.2 Å². The van der Waals surface area contributed by atoms with Crippen molar-refractivity contribution < 1.29 is 19.1 Å². The zero-order valence-electron chi connectivity index (χ0n) is 21.2. The molecule has 0 unspecified atom stereocenters. The summed E-state index contributed by atoms with van der Waals surface area (Å²) < 4.78 is 5.57. The highest BCUT2D eigenvalue weighted by molar-refractivity contribution is 6.06. The van der Waals surface area contributed by atoms with Crippen LogP contribution in [0.25, 0.3) is 0 Å². The highest BCUT2D eigenvalue weighted by Crippen LogP contribution is 2.37. The van der Waals surface area contributed by atoms with Gasteiger partial charge in [-0.3, -0.25) is 19.7 Å². The van der Waals surface area contributed by atoms with Crippen molar-refractivity contribution in [3.05, 3.63) is 29.3 Å². The van der Waals surface area contributed by atoms with Crippen LogP contribution in [0.15, 0.2) is 18.2 Å². The number of piperidine rings is 1. The molecule has 0 bridgehead atoms. The summed E-state index contributed by atoms with van der Waals surface area (Å²) in [4.78, 5) is 39.0. The minimum Gasteiger partial charge on any atom is -0.382 e. The molecule has 2 atom stereocenters. The lowest BCUT2D eigenvalue weighted by Gasteiger charge is -2.36. The van der Waals surface area contributed by atoms with Crippen molar-refractivity contribution in [1.82, 2.24) is 10.2 Å². The summed E-state index contributed by atoms with van der Waals surface area (Å²) in [5, 5.41) is 6.28. The van der Waals surface area contributed by atoms with Crippen molar-refractivity contribution in [2.45, 2.75) is 82.8 Å². The van der Waals surface area contributed by atoms with Gasteiger partial charge in [0.1, 0.15) is 6.04 Å². The predicted octanol–water partition coefficient (Wildman–Crippen LogP) is 3.20. The third kappa shape index (κ3) is 5.44. The maximum atomic E-state index is 13.3. The molecule has 0 aromatic heterocycles. The summed E-state index contributed by atoms with van der Waals surface area (Å²) in [7, 11) is 0. The number of anilines is 1. The lowest BCUT2D eigenvalue weighted by molar-refractivity contribution is -0.136. The van der Waals surface area contributed by atoms with Crippen LogP contribution in [0.2, 0.25) is 0 Å². The first-order valence-corrected chi connectivity index (χ1v) is 13.8. The zero-order valence-corrected chi connectivity index (χ0v) is 21.2. The van der Waals surface area contributed by atoms with E-state index in [1.807, 2.05) is 12.1 Å². The number of carbonyl (C=O) groups is 3. The van der Waals surface area contributed by atoms with Crippen LogP contribution in [0.4, 0.5) is 5.69 Å². The number of benzene rings is 1. The molecule has 1 aromatic carbocycles. The topological polar surface area (TPSA) is 114 Å². The molecule has 1 saturated carbocycles. The Morgan fingerprint density at radius 1 is 1.03 bits per heavy atom. The number of nitrogens with two attached hydrogens (primary N) is 1. The summed E-state index contributed by atoms with van der Waals surface area (Å²) in [6.45, 7) is 2.91. The largest absolute Gasteiger partial charge is 0.382 e. The van der Waals surface area contributed by atoms with Crippen LogP contribution < -0.4 is 16.4 Å². The van der Waals surface area contributed by atoms with Crippen molar-refractivity contribution in [3.63, 3.8) is 0 Å². The van der Waals surface area contributed by atoms with E-state index >= 15 is 0 Å². The Kier molecular flexibility index (Phi) is 7.91. The van der Waals surface area contributed by atoms with Gasteiger partial charge in [0.15, 0.2) is 0 Å². The Hall–Kier alpha value is -2.45. The number of hydrogen-bond donors (Lipinski definition) is 3. The number of carbonyl (C=O) groups excluding carboxylic acids is 3. The average molecular weight is 497 g/mol. The van der Waals surface area contributed by atoms with E-state index in [4.69, 9.17) is 10.5 Å². The number of hydrogen-bond acceptors (Lipinski definition) is 6. The van der Waals surface area contributed by atoms with Crippen molar-refractivity contribution in [2.24, 2.45) is 23.5 Å². The first-order valence-electron chi connectivity index (χ1n) is 13.8. The fourth-order valence-electron chi connectivity index (χ4n) is 6.62. The fraction of sp³-hybridized carbons (Fsp3) is 0.679. The van der Waals surface area contributed by atoms with Crippen LogP contribution in [0.3, 0.4) is 0 Å². The van der Waals surface area contributed by atoms with Gasteiger partial charge in [0, 0.05) is 49.0 Å². The van der Waals surface area contributed by atoms with Crippen LogP contribution in [-0.2, 0) is 20.9 Å². The highest BCUT2D eigenvalue weighted by atomic mass is 16.5. The summed E-state index contributed by atoms with van der Waals surface area (Å²) >= 11 is 0. The molecule has 196 valence electrons. The standard InChI is InChI=1S/C28H40N4O4/c29-16-19-4-7-20(8-5-19)23(9-6-18-12-14-36-15-13-18)30-24-3-1-2-21-22(24)17-32(28(21)35)25-10-11-26(33)31-27(25)34/h1-3,18-20,23,25,30H,4-17,29H2,(H,31,33,34)/t19?,20?,23-,25-/m0/s1. The SMILES string of the molecule is NCC1CCC([C@H](CCC2CCOCC2)Nc2cccc3c2CN([C@H]2CCC(=O)NC2=O)C3=O)CC1. The van der Waals surface area contributed by atoms with Gasteiger partial charge in [-0.25, -0.2) is 0 Å². The van der Waals surface area contributed by atoms with Gasteiger partial charge in [-0.05, 0) is 94.2 Å². The summed E-state index contributed by atoms with van der Waals surface area (Å²) in [5.74, 6) is 1.19. The van der Waals surface area contributed by atoms with Gasteiger partial charge in [-0.1, -0.05) is 6.07 Å². The van der Waals surface area contributed by atoms with Crippen molar-refractivity contribution >= 4 is 23.4 Å². The van der Waals surface area contributed by atoms with E-state index in [9.17, 15) is 14.4 Å². The number of ether oxygens (including phenoxy) is 1. The number of fused-ring (bicyclic) bond motifs is 1. The van der Waals surface area contributed by atoms with Gasteiger partial charge < -0.3 is 20.7 Å². The van der Waals surface area contributed by atoms with E-state index in [0.29, 0.717) is 36.4 Å². The Morgan fingerprint density at radius 2 is 1.81 bits per heavy atom. The Balaban J connectivity index is 1.32. The van der Waals surface area contributed by atoms with E-state index in [-0.39, 0.29) is 24.1 Å². The van der Waals surface area contributed by atoms with Gasteiger partial charge in [-0.2, -0.15) is 0 Å². The fourth-order valence-corrected chi connectivity index (χ4v) is 6.62. The second kappa shape index (κ2) is 11.3. The van der Waals surface area contributed by atoms with Crippen LogP contribution in [0.1, 0.15) is 80.1 Å². The van der Waals surface area contributed by atoms with E-state index < -0.39 is 6.04 Å². The van der Waals surface area contributed by atoms with Crippen LogP contribution >= 0.6 is 0 Å². The van der Waals surface area contributed by atoms with Crippen molar-refractivity contribution in [2.75, 3.05) is 25.1 Å². The Labute approximate surface area is 213 Å². The monoisotopic (exact) mass is 496 g/mol. The maximum absolute atomic E-state index is 13.3. The van der Waals surface area contributed by atoms with Gasteiger partial charge in [0.2, 0.25) is 11.8 Å². The number of nitrogens with one attached hydrogen (secondary N) is 2. The minimum atomic E-state index is -0.591. The molecule has 0 radical (unpaired) electrons. The number of rotatable bonds is 8. The molecular weight excluding hydrogens is 456 g/mol. The maximum Gasteiger partial charge on any atom is 0.255 e. The quantitative estimate of drug-likeness (QED) is 0.476. The molecule has 2 saturated heterocycles. The van der Waals surface area contributed by atoms with Crippen molar-refractivity contribution in [3.8, 4) is 0 Å². The molecule has 8 nitrogen and oxygen atoms in total. The van der Waals surface area contributed by atoms with E-state index in [1.54, 1.807) is 4.90 Å². The average Bonchev–Trinajstić information content (AvgIpc) is 3.24. The molecule has 3 heterocycles. The molecule has 5 rings (SSSR count). The van der Waals surface area contributed by atoms with Gasteiger partial charge >= 0.3 is 0 Å². The Bertz CT molecular complexity index is 968. The number of imide groups is 1. The third-order valence-electron chi connectivity index (χ3n) is 8.94. The second-order valence-electron chi connectivity index (χ2n) is 11.1. The zero-order chi connectivity index (χ0) is 25.1. The molecule has 8 heteroatoms. The smallest absolute Gasteiger partial charge is 0.255 e. The summed E-state index contributed by atoms with van der Waals surface area (Å²) in [5.41, 5.74) is 8.61. The summed E-state index contributed by atoms with van der Waals surface area (Å²) in [6.07, 6.45) is 9.97. The first-order chi connectivity index (χ1) is 17.5. The van der Waals surface area contributed by atoms with Gasteiger partial charge in [-0.15, -0.1) is 0 Å². The normalized spacial score (nSPS) is 28.1. The molecular formula is C28H40N4O4. The Morgan fingerprint density at radius 3 is 2.53 bits per heavy atom. The predicted molar refractivity (Wildman–Crippen MR) is 137 cm³/mol. The van der Waals surface area contributed by atoms with Crippen LogP contribution in [0.5, 0.6) is 0 Å². The number of amides is 3. The molecule has 0 spiro atoms. The summed E-state index contributed by atoms with van der Waals surface area (Å²) in [6, 6.07) is 5.63.